The van der Waals surface area contributed by atoms with Crippen LogP contribution >= 0.6 is 0 Å². The first-order valence-corrected chi connectivity index (χ1v) is 8.94. The van der Waals surface area contributed by atoms with E-state index < -0.39 is 49.2 Å². The Morgan fingerprint density at radius 1 is 1.11 bits per heavy atom. The molecule has 1 fully saturated rings. The fraction of sp³-hybridized carbons (Fsp3) is 0.450. The summed E-state index contributed by atoms with van der Waals surface area (Å²) in [5, 5.41) is 41.0. The Kier molecular flexibility index (Phi) is 6.17. The van der Waals surface area contributed by atoms with Crippen LogP contribution in [0, 0.1) is 0 Å². The minimum absolute atomic E-state index is 0.595. The van der Waals surface area contributed by atoms with Crippen LogP contribution in [0.1, 0.15) is 18.4 Å². The Labute approximate surface area is 161 Å². The predicted octanol–water partition coefficient (Wildman–Crippen LogP) is 0.295. The Balaban J connectivity index is 1.77. The third-order valence-corrected chi connectivity index (χ3v) is 5.02. The number of hydrogen-bond acceptors (Lipinski definition) is 8. The van der Waals surface area contributed by atoms with Gasteiger partial charge in [-0.3, -0.25) is 4.79 Å². The van der Waals surface area contributed by atoms with Crippen molar-refractivity contribution in [1.29, 1.82) is 0 Å². The molecule has 0 aliphatic carbocycles. The minimum Gasteiger partial charge on any atom is -0.497 e. The lowest BCUT2D eigenvalue weighted by molar-refractivity contribution is -0.290. The van der Waals surface area contributed by atoms with Crippen molar-refractivity contribution in [2.24, 2.45) is 0 Å². The van der Waals surface area contributed by atoms with Gasteiger partial charge in [-0.2, -0.15) is 0 Å². The minimum atomic E-state index is -1.68. The molecule has 3 rings (SSSR count). The van der Waals surface area contributed by atoms with Crippen molar-refractivity contribution >= 4 is 16.7 Å². The van der Waals surface area contributed by atoms with Crippen molar-refractivity contribution in [2.45, 2.75) is 43.5 Å². The molecule has 4 N–H and O–H groups in total. The lowest BCUT2D eigenvalue weighted by Gasteiger charge is -2.39. The molecule has 152 valence electrons. The molecule has 6 atom stereocenters. The molecule has 2 aromatic carbocycles. The number of methoxy groups -OCH3 is 1. The monoisotopic (exact) mass is 392 g/mol. The van der Waals surface area contributed by atoms with Crippen molar-refractivity contribution in [2.75, 3.05) is 13.7 Å². The van der Waals surface area contributed by atoms with Crippen molar-refractivity contribution < 1.29 is 39.4 Å². The summed E-state index contributed by atoms with van der Waals surface area (Å²) in [5.41, 5.74) is 0.693. The maximum Gasteiger partial charge on any atom is 0.313 e. The number of esters is 1. The smallest absolute Gasteiger partial charge is 0.313 e. The van der Waals surface area contributed by atoms with Crippen LogP contribution in [0.25, 0.3) is 10.8 Å². The molecule has 0 aromatic heterocycles. The lowest BCUT2D eigenvalue weighted by Crippen LogP contribution is -2.60. The first-order chi connectivity index (χ1) is 13.3. The molecule has 0 amide bonds. The van der Waals surface area contributed by atoms with Crippen LogP contribution < -0.4 is 4.74 Å². The molecule has 0 radical (unpaired) electrons. The van der Waals surface area contributed by atoms with E-state index in [-0.39, 0.29) is 0 Å². The summed E-state index contributed by atoms with van der Waals surface area (Å²) in [6.07, 6.45) is -7.35. The summed E-state index contributed by atoms with van der Waals surface area (Å²) < 4.78 is 15.4. The second-order valence-corrected chi connectivity index (χ2v) is 6.82. The lowest BCUT2D eigenvalue weighted by atomic mass is 9.96. The molecule has 1 heterocycles. The highest BCUT2D eigenvalue weighted by molar-refractivity contribution is 5.86. The van der Waals surface area contributed by atoms with E-state index in [1.54, 1.807) is 20.1 Å². The maximum absolute atomic E-state index is 12.6. The van der Waals surface area contributed by atoms with Gasteiger partial charge < -0.3 is 34.6 Å². The van der Waals surface area contributed by atoms with Gasteiger partial charge in [-0.25, -0.2) is 0 Å². The zero-order valence-corrected chi connectivity index (χ0v) is 15.6. The average Bonchev–Trinajstić information content (AvgIpc) is 2.72. The standard InChI is InChI=1S/C20H24O8/c1-10(11-3-4-13-8-14(26-2)6-5-12(13)7-11)19(24)28-18-16(22)15(9-21)27-20(25)17(18)23/h3-8,10,15-18,20-23,25H,9H2,1-2H3. The van der Waals surface area contributed by atoms with Crippen molar-refractivity contribution in [1.82, 2.24) is 0 Å². The first kappa shape index (κ1) is 20.5. The molecular formula is C20H24O8. The predicted molar refractivity (Wildman–Crippen MR) is 98.8 cm³/mol. The zero-order chi connectivity index (χ0) is 20.4. The third kappa shape index (κ3) is 3.96. The van der Waals surface area contributed by atoms with Gasteiger partial charge in [0.25, 0.3) is 0 Å². The van der Waals surface area contributed by atoms with Crippen LogP contribution in [0.4, 0.5) is 0 Å². The second kappa shape index (κ2) is 8.42. The molecule has 1 saturated heterocycles. The number of benzene rings is 2. The van der Waals surface area contributed by atoms with E-state index in [1.807, 2.05) is 30.3 Å². The summed E-state index contributed by atoms with van der Waals surface area (Å²) >= 11 is 0. The van der Waals surface area contributed by atoms with Crippen LogP contribution in [-0.2, 0) is 14.3 Å². The molecule has 0 saturated carbocycles. The van der Waals surface area contributed by atoms with Crippen molar-refractivity contribution in [3.8, 4) is 5.75 Å². The van der Waals surface area contributed by atoms with E-state index in [0.717, 1.165) is 16.5 Å². The quantitative estimate of drug-likeness (QED) is 0.535. The van der Waals surface area contributed by atoms with E-state index in [9.17, 15) is 25.2 Å². The SMILES string of the molecule is COc1ccc2cc(C(C)C(=O)OC3C(O)C(O)OC(CO)C3O)ccc2c1. The maximum atomic E-state index is 12.6. The summed E-state index contributed by atoms with van der Waals surface area (Å²) in [6.45, 7) is 1.05. The number of carbonyl (C=O) groups is 1. The van der Waals surface area contributed by atoms with Gasteiger partial charge in [-0.1, -0.05) is 24.3 Å². The van der Waals surface area contributed by atoms with Gasteiger partial charge in [0.1, 0.15) is 24.1 Å². The Morgan fingerprint density at radius 3 is 2.46 bits per heavy atom. The highest BCUT2D eigenvalue weighted by Crippen LogP contribution is 2.28. The van der Waals surface area contributed by atoms with Gasteiger partial charge in [0, 0.05) is 0 Å². The van der Waals surface area contributed by atoms with Crippen molar-refractivity contribution in [3.05, 3.63) is 42.0 Å². The summed E-state index contributed by atoms with van der Waals surface area (Å²) in [7, 11) is 1.59. The van der Waals surface area contributed by atoms with Crippen LogP contribution in [0.15, 0.2) is 36.4 Å². The fourth-order valence-corrected chi connectivity index (χ4v) is 3.22. The topological polar surface area (TPSA) is 126 Å². The van der Waals surface area contributed by atoms with Crippen LogP contribution in [0.2, 0.25) is 0 Å². The van der Waals surface area contributed by atoms with Gasteiger partial charge >= 0.3 is 5.97 Å². The molecule has 28 heavy (non-hydrogen) atoms. The van der Waals surface area contributed by atoms with Crippen LogP contribution in [0.5, 0.6) is 5.75 Å². The normalized spacial score (nSPS) is 28.7. The fourth-order valence-electron chi connectivity index (χ4n) is 3.22. The van der Waals surface area contributed by atoms with Gasteiger partial charge in [0.05, 0.1) is 19.6 Å². The van der Waals surface area contributed by atoms with Crippen LogP contribution in [-0.4, -0.2) is 70.8 Å². The Morgan fingerprint density at radius 2 is 1.79 bits per heavy atom. The number of fused-ring (bicyclic) bond motifs is 1. The molecular weight excluding hydrogens is 368 g/mol. The highest BCUT2D eigenvalue weighted by Gasteiger charge is 2.46. The van der Waals surface area contributed by atoms with Crippen molar-refractivity contribution in [3.63, 3.8) is 0 Å². The molecule has 6 unspecified atom stereocenters. The first-order valence-electron chi connectivity index (χ1n) is 8.94. The average molecular weight is 392 g/mol. The number of aliphatic hydroxyl groups is 4. The number of rotatable bonds is 5. The second-order valence-electron chi connectivity index (χ2n) is 6.82. The number of hydrogen-bond donors (Lipinski definition) is 4. The van der Waals surface area contributed by atoms with Crippen LogP contribution in [0.3, 0.4) is 0 Å². The third-order valence-electron chi connectivity index (χ3n) is 5.02. The summed E-state index contributed by atoms with van der Waals surface area (Å²) in [4.78, 5) is 12.6. The Hall–Kier alpha value is -2.23. The van der Waals surface area contributed by atoms with E-state index >= 15 is 0 Å². The largest absolute Gasteiger partial charge is 0.497 e. The van der Waals surface area contributed by atoms with Gasteiger partial charge in [-0.05, 0) is 35.4 Å². The van der Waals surface area contributed by atoms with Gasteiger partial charge in [0.15, 0.2) is 12.4 Å². The molecule has 1 aliphatic heterocycles. The summed E-state index contributed by atoms with van der Waals surface area (Å²) in [5.74, 6) is -0.632. The molecule has 1 aliphatic rings. The number of ether oxygens (including phenoxy) is 3. The molecule has 0 spiro atoms. The number of aliphatic hydroxyl groups excluding tert-OH is 4. The molecule has 8 heteroatoms. The van der Waals surface area contributed by atoms with E-state index in [2.05, 4.69) is 0 Å². The Bertz CT molecular complexity index is 838. The molecule has 8 nitrogen and oxygen atoms in total. The zero-order valence-electron chi connectivity index (χ0n) is 15.6. The van der Waals surface area contributed by atoms with E-state index in [1.165, 1.54) is 0 Å². The molecule has 0 bridgehead atoms. The van der Waals surface area contributed by atoms with Gasteiger partial charge in [0.2, 0.25) is 0 Å². The highest BCUT2D eigenvalue weighted by atomic mass is 16.7. The molecule has 2 aromatic rings. The van der Waals surface area contributed by atoms with Gasteiger partial charge in [-0.15, -0.1) is 0 Å². The van der Waals surface area contributed by atoms with E-state index in [4.69, 9.17) is 14.2 Å². The summed E-state index contributed by atoms with van der Waals surface area (Å²) in [6, 6.07) is 11.1. The number of carbonyl (C=O) groups excluding carboxylic acids is 1. The van der Waals surface area contributed by atoms with E-state index in [0.29, 0.717) is 5.56 Å².